The van der Waals surface area contributed by atoms with Crippen LogP contribution in [0.15, 0.2) is 71.2 Å². The van der Waals surface area contributed by atoms with Crippen LogP contribution in [-0.4, -0.2) is 36.4 Å². The molecular weight excluding hydrogens is 563 g/mol. The van der Waals surface area contributed by atoms with E-state index in [2.05, 4.69) is 21.2 Å². The lowest BCUT2D eigenvalue weighted by Gasteiger charge is -2.31. The lowest BCUT2D eigenvalue weighted by Crippen LogP contribution is -2.51. The molecule has 3 rings (SSSR count). The number of ether oxygens (including phenoxy) is 1. The average Bonchev–Trinajstić information content (AvgIpc) is 2.83. The second-order valence-electron chi connectivity index (χ2n) is 7.45. The summed E-state index contributed by atoms with van der Waals surface area (Å²) in [5.74, 6) is -0.186. The predicted molar refractivity (Wildman–Crippen MR) is 140 cm³/mol. The zero-order valence-corrected chi connectivity index (χ0v) is 22.1. The van der Waals surface area contributed by atoms with E-state index >= 15 is 0 Å². The van der Waals surface area contributed by atoms with Gasteiger partial charge in [0.15, 0.2) is 6.61 Å². The molecule has 0 aromatic heterocycles. The molecule has 3 aromatic rings. The predicted octanol–water partition coefficient (Wildman–Crippen LogP) is 6.17. The third-order valence-electron chi connectivity index (χ3n) is 5.10. The van der Waals surface area contributed by atoms with Gasteiger partial charge in [-0.05, 0) is 57.4 Å². The molecule has 0 aliphatic heterocycles. The molecule has 0 bridgehead atoms. The molecule has 5 nitrogen and oxygen atoms in total. The number of hydrogen-bond acceptors (Lipinski definition) is 3. The first kappa shape index (κ1) is 26.4. The van der Waals surface area contributed by atoms with Crippen molar-refractivity contribution in [2.75, 3.05) is 13.7 Å². The topological polar surface area (TPSA) is 58.6 Å². The molecule has 34 heavy (non-hydrogen) atoms. The minimum atomic E-state index is -0.772. The Kier molecular flexibility index (Phi) is 9.65. The van der Waals surface area contributed by atoms with Crippen molar-refractivity contribution in [1.82, 2.24) is 10.2 Å². The van der Waals surface area contributed by atoms with E-state index in [1.54, 1.807) is 43.4 Å². The second kappa shape index (κ2) is 12.5. The van der Waals surface area contributed by atoms with Crippen LogP contribution in [0.25, 0.3) is 0 Å². The van der Waals surface area contributed by atoms with Crippen molar-refractivity contribution < 1.29 is 14.3 Å². The molecule has 0 aliphatic rings. The fraction of sp³-hybridized carbons (Fsp3) is 0.200. The van der Waals surface area contributed by atoms with E-state index in [0.29, 0.717) is 31.7 Å². The van der Waals surface area contributed by atoms with Crippen LogP contribution in [0.5, 0.6) is 5.75 Å². The minimum absolute atomic E-state index is 0.145. The second-order valence-corrected chi connectivity index (χ2v) is 9.56. The number of carbonyl (C=O) groups is 2. The van der Waals surface area contributed by atoms with Gasteiger partial charge in [-0.2, -0.15) is 0 Å². The van der Waals surface area contributed by atoms with Crippen LogP contribution >= 0.6 is 50.7 Å². The fourth-order valence-corrected chi connectivity index (χ4v) is 4.49. The molecule has 0 aliphatic carbocycles. The summed E-state index contributed by atoms with van der Waals surface area (Å²) in [6.45, 7) is -0.129. The Bertz CT molecular complexity index is 1160. The number of benzene rings is 3. The van der Waals surface area contributed by atoms with E-state index in [-0.39, 0.29) is 25.0 Å². The summed E-state index contributed by atoms with van der Waals surface area (Å²) < 4.78 is 6.37. The highest BCUT2D eigenvalue weighted by molar-refractivity contribution is 9.10. The number of halogens is 4. The lowest BCUT2D eigenvalue weighted by atomic mass is 10.0. The first-order chi connectivity index (χ1) is 16.3. The number of rotatable bonds is 9. The van der Waals surface area contributed by atoms with Gasteiger partial charge in [-0.25, -0.2) is 0 Å². The highest BCUT2D eigenvalue weighted by Gasteiger charge is 2.30. The first-order valence-electron chi connectivity index (χ1n) is 10.3. The maximum Gasteiger partial charge on any atom is 0.261 e. The summed E-state index contributed by atoms with van der Waals surface area (Å²) in [6.07, 6.45) is 0.332. The molecular formula is C25H22BrCl3N2O3. The zero-order chi connectivity index (χ0) is 24.7. The van der Waals surface area contributed by atoms with Crippen LogP contribution in [0.2, 0.25) is 15.1 Å². The van der Waals surface area contributed by atoms with E-state index < -0.39 is 6.04 Å². The summed E-state index contributed by atoms with van der Waals surface area (Å²) in [5.41, 5.74) is 1.65. The number of nitrogens with one attached hydrogen (secondary N) is 1. The molecule has 0 saturated heterocycles. The van der Waals surface area contributed by atoms with Crippen molar-refractivity contribution in [3.05, 3.63) is 97.4 Å². The van der Waals surface area contributed by atoms with Gasteiger partial charge in [0.1, 0.15) is 11.8 Å². The summed E-state index contributed by atoms with van der Waals surface area (Å²) in [6, 6.07) is 18.9. The van der Waals surface area contributed by atoms with Crippen LogP contribution in [0, 0.1) is 0 Å². The quantitative estimate of drug-likeness (QED) is 0.327. The molecule has 2 amide bonds. The summed E-state index contributed by atoms with van der Waals surface area (Å²) in [7, 11) is 1.55. The van der Waals surface area contributed by atoms with Gasteiger partial charge in [0.05, 0.1) is 14.5 Å². The lowest BCUT2D eigenvalue weighted by molar-refractivity contribution is -0.142. The molecule has 1 N–H and O–H groups in total. The largest absolute Gasteiger partial charge is 0.483 e. The van der Waals surface area contributed by atoms with Gasteiger partial charge in [0.2, 0.25) is 5.91 Å². The normalized spacial score (nSPS) is 11.6. The number of carbonyl (C=O) groups excluding carboxylic acids is 2. The average molecular weight is 585 g/mol. The van der Waals surface area contributed by atoms with Crippen molar-refractivity contribution in [3.8, 4) is 5.75 Å². The van der Waals surface area contributed by atoms with E-state index in [1.807, 2.05) is 30.3 Å². The third-order valence-corrected chi connectivity index (χ3v) is 6.69. The van der Waals surface area contributed by atoms with Crippen molar-refractivity contribution in [1.29, 1.82) is 0 Å². The van der Waals surface area contributed by atoms with Crippen molar-refractivity contribution in [2.24, 2.45) is 0 Å². The van der Waals surface area contributed by atoms with Gasteiger partial charge in [-0.1, -0.05) is 71.2 Å². The minimum Gasteiger partial charge on any atom is -0.483 e. The maximum absolute atomic E-state index is 13.4. The monoisotopic (exact) mass is 582 g/mol. The SMILES string of the molecule is CNC(=O)[C@H](Cc1ccccc1)N(Cc1ccc(Cl)c(Cl)c1)C(=O)COc1ccc(Cl)cc1Br. The molecule has 9 heteroatoms. The van der Waals surface area contributed by atoms with Gasteiger partial charge in [0, 0.05) is 25.0 Å². The molecule has 0 saturated carbocycles. The fourth-order valence-electron chi connectivity index (χ4n) is 3.37. The van der Waals surface area contributed by atoms with Crippen LogP contribution in [0.1, 0.15) is 11.1 Å². The molecule has 1 atom stereocenters. The highest BCUT2D eigenvalue weighted by atomic mass is 79.9. The van der Waals surface area contributed by atoms with Gasteiger partial charge in [-0.15, -0.1) is 0 Å². The standard InChI is InChI=1S/C25H22BrCl3N2O3/c1-30-25(33)22(12-16-5-3-2-4-6-16)31(14-17-7-9-20(28)21(29)11-17)24(32)15-34-23-10-8-18(27)13-19(23)26/h2-11,13,22H,12,14-15H2,1H3,(H,30,33)/t22-/m0/s1. The molecule has 0 unspecified atom stereocenters. The number of likely N-dealkylation sites (N-methyl/N-ethyl adjacent to an activating group) is 1. The third kappa shape index (κ3) is 7.12. The van der Waals surface area contributed by atoms with Gasteiger partial charge >= 0.3 is 0 Å². The van der Waals surface area contributed by atoms with Crippen molar-refractivity contribution in [3.63, 3.8) is 0 Å². The van der Waals surface area contributed by atoms with E-state index in [1.165, 1.54) is 4.90 Å². The summed E-state index contributed by atoms with van der Waals surface area (Å²) >= 11 is 21.6. The Labute approximate surface area is 222 Å². The summed E-state index contributed by atoms with van der Waals surface area (Å²) in [5, 5.41) is 3.99. The van der Waals surface area contributed by atoms with E-state index in [0.717, 1.165) is 11.1 Å². The van der Waals surface area contributed by atoms with Crippen LogP contribution in [-0.2, 0) is 22.6 Å². The van der Waals surface area contributed by atoms with Gasteiger partial charge < -0.3 is 15.0 Å². The van der Waals surface area contributed by atoms with E-state index in [9.17, 15) is 9.59 Å². The highest BCUT2D eigenvalue weighted by Crippen LogP contribution is 2.28. The van der Waals surface area contributed by atoms with Crippen LogP contribution in [0.3, 0.4) is 0 Å². The molecule has 0 fully saturated rings. The first-order valence-corrected chi connectivity index (χ1v) is 12.3. The summed E-state index contributed by atoms with van der Waals surface area (Å²) in [4.78, 5) is 27.8. The molecule has 178 valence electrons. The maximum atomic E-state index is 13.4. The van der Waals surface area contributed by atoms with E-state index in [4.69, 9.17) is 39.5 Å². The Morgan fingerprint density at radius 2 is 1.71 bits per heavy atom. The smallest absolute Gasteiger partial charge is 0.261 e. The van der Waals surface area contributed by atoms with Gasteiger partial charge in [0.25, 0.3) is 5.91 Å². The van der Waals surface area contributed by atoms with Crippen LogP contribution in [0.4, 0.5) is 0 Å². The van der Waals surface area contributed by atoms with Crippen molar-refractivity contribution in [2.45, 2.75) is 19.0 Å². The molecule has 0 spiro atoms. The number of hydrogen-bond donors (Lipinski definition) is 1. The Hall–Kier alpha value is -2.25. The van der Waals surface area contributed by atoms with Crippen molar-refractivity contribution >= 4 is 62.5 Å². The molecule has 0 heterocycles. The number of nitrogens with zero attached hydrogens (tertiary/aromatic N) is 1. The number of amides is 2. The Balaban J connectivity index is 1.90. The van der Waals surface area contributed by atoms with Crippen LogP contribution < -0.4 is 10.1 Å². The Morgan fingerprint density at radius 1 is 0.971 bits per heavy atom. The molecule has 0 radical (unpaired) electrons. The van der Waals surface area contributed by atoms with Gasteiger partial charge in [-0.3, -0.25) is 9.59 Å². The molecule has 3 aromatic carbocycles. The zero-order valence-electron chi connectivity index (χ0n) is 18.2. The Morgan fingerprint density at radius 3 is 2.35 bits per heavy atom.